The first kappa shape index (κ1) is 7.86. The summed E-state index contributed by atoms with van der Waals surface area (Å²) in [5.41, 5.74) is 1.63. The van der Waals surface area contributed by atoms with E-state index in [4.69, 9.17) is 9.26 Å². The summed E-state index contributed by atoms with van der Waals surface area (Å²) < 4.78 is 9.78. The first-order valence-corrected chi connectivity index (χ1v) is 3.86. The van der Waals surface area contributed by atoms with Gasteiger partial charge in [0, 0.05) is 5.56 Å². The quantitative estimate of drug-likeness (QED) is 0.699. The van der Waals surface area contributed by atoms with E-state index in [1.165, 1.54) is 6.26 Å². The molecule has 0 saturated heterocycles. The third kappa shape index (κ3) is 1.54. The van der Waals surface area contributed by atoms with Gasteiger partial charge in [0.15, 0.2) is 0 Å². The van der Waals surface area contributed by atoms with Crippen LogP contribution in [0, 0.1) is 6.07 Å². The van der Waals surface area contributed by atoms with E-state index in [0.717, 1.165) is 11.3 Å². The second-order valence-corrected chi connectivity index (χ2v) is 2.54. The Morgan fingerprint density at radius 1 is 1.46 bits per heavy atom. The highest BCUT2D eigenvalue weighted by Gasteiger charge is 2.01. The van der Waals surface area contributed by atoms with Crippen molar-refractivity contribution in [2.24, 2.45) is 0 Å². The summed E-state index contributed by atoms with van der Waals surface area (Å²) in [4.78, 5) is 0. The number of benzene rings is 1. The largest absolute Gasteiger partial charge is 0.497 e. The molecule has 0 atom stereocenters. The van der Waals surface area contributed by atoms with E-state index >= 15 is 0 Å². The smallest absolute Gasteiger partial charge is 0.132 e. The highest BCUT2D eigenvalue weighted by atomic mass is 16.5. The summed E-state index contributed by atoms with van der Waals surface area (Å²) in [5, 5.41) is 3.78. The van der Waals surface area contributed by atoms with Crippen LogP contribution in [0.3, 0.4) is 0 Å². The van der Waals surface area contributed by atoms with Crippen LogP contribution in [0.1, 0.15) is 0 Å². The summed E-state index contributed by atoms with van der Waals surface area (Å²) in [6, 6.07) is 10.5. The van der Waals surface area contributed by atoms with E-state index in [1.807, 2.05) is 24.3 Å². The molecular weight excluding hydrogens is 166 g/mol. The number of methoxy groups -OCH3 is 1. The molecule has 1 aromatic carbocycles. The van der Waals surface area contributed by atoms with Crippen molar-refractivity contribution in [1.82, 2.24) is 5.16 Å². The normalized spacial score (nSPS) is 9.92. The zero-order valence-electron chi connectivity index (χ0n) is 7.15. The third-order valence-corrected chi connectivity index (χ3v) is 1.74. The van der Waals surface area contributed by atoms with Crippen molar-refractivity contribution in [3.63, 3.8) is 0 Å². The first-order chi connectivity index (χ1) is 6.40. The van der Waals surface area contributed by atoms with E-state index in [1.54, 1.807) is 7.11 Å². The number of hydrogen-bond donors (Lipinski definition) is 0. The van der Waals surface area contributed by atoms with E-state index in [-0.39, 0.29) is 0 Å². The molecule has 1 radical (unpaired) electrons. The van der Waals surface area contributed by atoms with Crippen molar-refractivity contribution >= 4 is 0 Å². The first-order valence-electron chi connectivity index (χ1n) is 3.86. The topological polar surface area (TPSA) is 35.3 Å². The van der Waals surface area contributed by atoms with Crippen LogP contribution in [0.2, 0.25) is 0 Å². The highest BCUT2D eigenvalue weighted by Crippen LogP contribution is 2.21. The number of nitrogens with zero attached hydrogens (tertiary/aromatic N) is 1. The third-order valence-electron chi connectivity index (χ3n) is 1.74. The molecule has 2 rings (SSSR count). The Kier molecular flexibility index (Phi) is 2.00. The molecule has 3 nitrogen and oxygen atoms in total. The number of rotatable bonds is 2. The molecule has 0 saturated carbocycles. The molecule has 65 valence electrons. The lowest BCUT2D eigenvalue weighted by atomic mass is 10.1. The van der Waals surface area contributed by atoms with Crippen molar-refractivity contribution in [3.8, 4) is 17.0 Å². The average Bonchev–Trinajstić information content (AvgIpc) is 2.71. The molecule has 0 amide bonds. The summed E-state index contributed by atoms with van der Waals surface area (Å²) in [7, 11) is 1.63. The van der Waals surface area contributed by atoms with Gasteiger partial charge >= 0.3 is 0 Å². The van der Waals surface area contributed by atoms with Gasteiger partial charge in [-0.15, -0.1) is 0 Å². The second-order valence-electron chi connectivity index (χ2n) is 2.54. The van der Waals surface area contributed by atoms with Crippen LogP contribution >= 0.6 is 0 Å². The van der Waals surface area contributed by atoms with Gasteiger partial charge in [-0.2, -0.15) is 0 Å². The lowest BCUT2D eigenvalue weighted by molar-refractivity contribution is 0.414. The van der Waals surface area contributed by atoms with E-state index < -0.39 is 0 Å². The van der Waals surface area contributed by atoms with Crippen LogP contribution in [-0.2, 0) is 0 Å². The fraction of sp³-hybridized carbons (Fsp3) is 0.100. The molecule has 0 spiro atoms. The highest BCUT2D eigenvalue weighted by molar-refractivity contribution is 5.59. The minimum absolute atomic E-state index is 0.693. The van der Waals surface area contributed by atoms with Crippen LogP contribution in [-0.4, -0.2) is 12.3 Å². The molecular formula is C10H8NO2. The molecule has 0 fully saturated rings. The molecule has 13 heavy (non-hydrogen) atoms. The predicted molar refractivity (Wildman–Crippen MR) is 47.3 cm³/mol. The van der Waals surface area contributed by atoms with Crippen LogP contribution in [0.15, 0.2) is 35.1 Å². The molecule has 3 heteroatoms. The minimum atomic E-state index is 0.693. The standard InChI is InChI=1S/C10H8NO2/c1-12-9-4-2-3-8(7-9)10-5-6-13-11-10/h2-4,6-7H,1H3. The van der Waals surface area contributed by atoms with E-state index in [2.05, 4.69) is 11.2 Å². The van der Waals surface area contributed by atoms with Gasteiger partial charge in [-0.1, -0.05) is 17.3 Å². The lowest BCUT2D eigenvalue weighted by Crippen LogP contribution is -1.83. The Morgan fingerprint density at radius 2 is 2.38 bits per heavy atom. The maximum atomic E-state index is 5.08. The fourth-order valence-corrected chi connectivity index (χ4v) is 1.09. The number of hydrogen-bond acceptors (Lipinski definition) is 3. The van der Waals surface area contributed by atoms with Gasteiger partial charge in [0.05, 0.1) is 13.2 Å². The van der Waals surface area contributed by atoms with Gasteiger partial charge in [-0.05, 0) is 12.1 Å². The van der Waals surface area contributed by atoms with Gasteiger partial charge in [-0.25, -0.2) is 0 Å². The number of aromatic nitrogens is 1. The minimum Gasteiger partial charge on any atom is -0.497 e. The monoisotopic (exact) mass is 174 g/mol. The Morgan fingerprint density at radius 3 is 3.08 bits per heavy atom. The van der Waals surface area contributed by atoms with Gasteiger partial charge in [0.1, 0.15) is 17.7 Å². The molecule has 0 unspecified atom stereocenters. The summed E-state index contributed by atoms with van der Waals surface area (Å²) >= 11 is 0. The van der Waals surface area contributed by atoms with Gasteiger partial charge < -0.3 is 9.26 Å². The SMILES string of the molecule is COc1cccc(-c2[c]con2)c1. The Labute approximate surface area is 75.9 Å². The summed E-state index contributed by atoms with van der Waals surface area (Å²) in [5.74, 6) is 0.800. The number of ether oxygens (including phenoxy) is 1. The summed E-state index contributed by atoms with van der Waals surface area (Å²) in [6.07, 6.45) is 1.43. The molecule has 0 aliphatic carbocycles. The molecule has 0 aliphatic rings. The predicted octanol–water partition coefficient (Wildman–Crippen LogP) is 2.15. The van der Waals surface area contributed by atoms with Crippen molar-refractivity contribution in [1.29, 1.82) is 0 Å². The van der Waals surface area contributed by atoms with Gasteiger partial charge in [0.25, 0.3) is 0 Å². The van der Waals surface area contributed by atoms with Crippen LogP contribution in [0.25, 0.3) is 11.3 Å². The van der Waals surface area contributed by atoms with E-state index in [0.29, 0.717) is 5.69 Å². The Hall–Kier alpha value is -1.77. The molecule has 1 aromatic heterocycles. The van der Waals surface area contributed by atoms with Crippen LogP contribution < -0.4 is 4.74 Å². The molecule has 1 heterocycles. The Bertz CT molecular complexity index is 382. The fourth-order valence-electron chi connectivity index (χ4n) is 1.09. The van der Waals surface area contributed by atoms with E-state index in [9.17, 15) is 0 Å². The molecule has 0 bridgehead atoms. The van der Waals surface area contributed by atoms with Crippen molar-refractivity contribution in [2.75, 3.05) is 7.11 Å². The molecule has 0 N–H and O–H groups in total. The average molecular weight is 174 g/mol. The second kappa shape index (κ2) is 3.31. The molecule has 2 aromatic rings. The zero-order valence-corrected chi connectivity index (χ0v) is 7.15. The van der Waals surface area contributed by atoms with Crippen molar-refractivity contribution in [2.45, 2.75) is 0 Å². The summed E-state index contributed by atoms with van der Waals surface area (Å²) in [6.45, 7) is 0. The van der Waals surface area contributed by atoms with Crippen molar-refractivity contribution in [3.05, 3.63) is 36.6 Å². The maximum Gasteiger partial charge on any atom is 0.132 e. The molecule has 0 aliphatic heterocycles. The zero-order chi connectivity index (χ0) is 9.10. The van der Waals surface area contributed by atoms with Gasteiger partial charge in [-0.3, -0.25) is 0 Å². The van der Waals surface area contributed by atoms with Crippen molar-refractivity contribution < 1.29 is 9.26 Å². The maximum absolute atomic E-state index is 5.08. The van der Waals surface area contributed by atoms with Crippen LogP contribution in [0.5, 0.6) is 5.75 Å². The lowest BCUT2D eigenvalue weighted by Gasteiger charge is -2.00. The Balaban J connectivity index is 2.41. The van der Waals surface area contributed by atoms with Crippen LogP contribution in [0.4, 0.5) is 0 Å². The van der Waals surface area contributed by atoms with Gasteiger partial charge in [0.2, 0.25) is 0 Å².